The lowest BCUT2D eigenvalue weighted by molar-refractivity contribution is -0.139. The minimum Gasteiger partial charge on any atom is -0.469 e. The van der Waals surface area contributed by atoms with E-state index in [9.17, 15) is 13.6 Å². The van der Waals surface area contributed by atoms with Crippen LogP contribution in [0.2, 0.25) is 0 Å². The number of nitrogens with two attached hydrogens (primary N) is 1. The standard InChI is InChI=1S/C12H12F2N2O3/c1-18-10(17)4-7-2-3-8(5-15)11(9(7)6-16)19-12(13)14/h2-3,12H,4-5,15H2,1H3. The average molecular weight is 270 g/mol. The summed E-state index contributed by atoms with van der Waals surface area (Å²) in [6, 6.07) is 4.66. The van der Waals surface area contributed by atoms with Crippen LogP contribution in [0.5, 0.6) is 5.75 Å². The van der Waals surface area contributed by atoms with E-state index in [1.807, 2.05) is 0 Å². The van der Waals surface area contributed by atoms with Crippen molar-refractivity contribution in [2.24, 2.45) is 5.73 Å². The third-order valence-electron chi connectivity index (χ3n) is 2.43. The van der Waals surface area contributed by atoms with Gasteiger partial charge in [-0.3, -0.25) is 4.79 Å². The van der Waals surface area contributed by atoms with Crippen molar-refractivity contribution in [3.63, 3.8) is 0 Å². The minimum atomic E-state index is -3.08. The van der Waals surface area contributed by atoms with Gasteiger partial charge in [-0.25, -0.2) is 0 Å². The number of hydrogen-bond donors (Lipinski definition) is 1. The molecule has 1 rings (SSSR count). The molecule has 0 atom stereocenters. The second-order valence-electron chi connectivity index (χ2n) is 3.54. The van der Waals surface area contributed by atoms with E-state index in [2.05, 4.69) is 9.47 Å². The van der Waals surface area contributed by atoms with Gasteiger partial charge in [-0.2, -0.15) is 14.0 Å². The van der Waals surface area contributed by atoms with Crippen LogP contribution in [-0.2, 0) is 22.5 Å². The zero-order valence-electron chi connectivity index (χ0n) is 10.2. The molecule has 102 valence electrons. The molecule has 0 amide bonds. The van der Waals surface area contributed by atoms with Gasteiger partial charge in [0.1, 0.15) is 11.8 Å². The Bertz CT molecular complexity index is 512. The van der Waals surface area contributed by atoms with Gasteiger partial charge >= 0.3 is 12.6 Å². The molecule has 0 aliphatic carbocycles. The Morgan fingerprint density at radius 2 is 2.11 bits per heavy atom. The molecular formula is C12H12F2N2O3. The molecular weight excluding hydrogens is 258 g/mol. The van der Waals surface area contributed by atoms with E-state index < -0.39 is 12.6 Å². The monoisotopic (exact) mass is 270 g/mol. The summed E-state index contributed by atoms with van der Waals surface area (Å²) in [6.07, 6.45) is -0.205. The van der Waals surface area contributed by atoms with Gasteiger partial charge in [0.15, 0.2) is 0 Å². The number of esters is 1. The van der Waals surface area contributed by atoms with Crippen molar-refractivity contribution in [2.45, 2.75) is 19.6 Å². The fraction of sp³-hybridized carbons (Fsp3) is 0.333. The highest BCUT2D eigenvalue weighted by Crippen LogP contribution is 2.28. The maximum Gasteiger partial charge on any atom is 0.387 e. The molecule has 0 aromatic heterocycles. The average Bonchev–Trinajstić information content (AvgIpc) is 2.38. The Labute approximate surface area is 108 Å². The number of methoxy groups -OCH3 is 1. The van der Waals surface area contributed by atoms with Crippen LogP contribution in [-0.4, -0.2) is 19.7 Å². The molecule has 1 aromatic rings. The first-order chi connectivity index (χ1) is 9.03. The van der Waals surface area contributed by atoms with E-state index in [1.54, 1.807) is 6.07 Å². The van der Waals surface area contributed by atoms with E-state index in [0.717, 1.165) is 0 Å². The Kier molecular flexibility index (Phi) is 5.21. The third kappa shape index (κ3) is 3.63. The normalized spacial score (nSPS) is 10.1. The van der Waals surface area contributed by atoms with E-state index >= 15 is 0 Å². The smallest absolute Gasteiger partial charge is 0.387 e. The van der Waals surface area contributed by atoms with Crippen LogP contribution < -0.4 is 10.5 Å². The van der Waals surface area contributed by atoms with E-state index in [-0.39, 0.29) is 35.4 Å². The third-order valence-corrected chi connectivity index (χ3v) is 2.43. The minimum absolute atomic E-state index is 0.0603. The van der Waals surface area contributed by atoms with E-state index in [0.29, 0.717) is 0 Å². The van der Waals surface area contributed by atoms with Crippen LogP contribution in [0.25, 0.3) is 0 Å². The highest BCUT2D eigenvalue weighted by atomic mass is 19.3. The van der Waals surface area contributed by atoms with Crippen molar-refractivity contribution in [3.8, 4) is 11.8 Å². The Morgan fingerprint density at radius 3 is 2.58 bits per heavy atom. The maximum atomic E-state index is 12.3. The highest BCUT2D eigenvalue weighted by molar-refractivity contribution is 5.74. The molecule has 19 heavy (non-hydrogen) atoms. The fourth-order valence-electron chi connectivity index (χ4n) is 1.55. The lowest BCUT2D eigenvalue weighted by atomic mass is 10.0. The molecule has 5 nitrogen and oxygen atoms in total. The van der Waals surface area contributed by atoms with Crippen molar-refractivity contribution in [2.75, 3.05) is 7.11 Å². The first-order valence-corrected chi connectivity index (χ1v) is 5.30. The molecule has 0 fully saturated rings. The summed E-state index contributed by atoms with van der Waals surface area (Å²) >= 11 is 0. The number of hydrogen-bond acceptors (Lipinski definition) is 5. The Balaban J connectivity index is 3.28. The first-order valence-electron chi connectivity index (χ1n) is 5.30. The van der Waals surface area contributed by atoms with Gasteiger partial charge in [-0.05, 0) is 5.56 Å². The van der Waals surface area contributed by atoms with Gasteiger partial charge in [0.05, 0.1) is 19.1 Å². The largest absolute Gasteiger partial charge is 0.469 e. The van der Waals surface area contributed by atoms with Crippen LogP contribution in [0.1, 0.15) is 16.7 Å². The zero-order valence-corrected chi connectivity index (χ0v) is 10.2. The molecule has 0 aliphatic heterocycles. The van der Waals surface area contributed by atoms with Gasteiger partial charge in [0.25, 0.3) is 0 Å². The van der Waals surface area contributed by atoms with Gasteiger partial charge in [-0.15, -0.1) is 0 Å². The number of carbonyl (C=O) groups excluding carboxylic acids is 1. The summed E-state index contributed by atoms with van der Waals surface area (Å²) in [5.74, 6) is -0.874. The second kappa shape index (κ2) is 6.66. The van der Waals surface area contributed by atoms with Crippen LogP contribution in [0, 0.1) is 11.3 Å². The summed E-state index contributed by atoms with van der Waals surface area (Å²) in [5, 5.41) is 9.05. The molecule has 0 saturated heterocycles. The van der Waals surface area contributed by atoms with Crippen molar-refractivity contribution >= 4 is 5.97 Å². The highest BCUT2D eigenvalue weighted by Gasteiger charge is 2.19. The van der Waals surface area contributed by atoms with Crippen LogP contribution in [0.15, 0.2) is 12.1 Å². The van der Waals surface area contributed by atoms with Gasteiger partial charge in [-0.1, -0.05) is 12.1 Å². The summed E-state index contributed by atoms with van der Waals surface area (Å²) in [6.45, 7) is -3.14. The molecule has 1 aromatic carbocycles. The van der Waals surface area contributed by atoms with Crippen molar-refractivity contribution < 1.29 is 23.0 Å². The summed E-state index contributed by atoms with van der Waals surface area (Å²) < 4.78 is 33.5. The number of nitriles is 1. The lowest BCUT2D eigenvalue weighted by Gasteiger charge is -2.13. The molecule has 0 aliphatic rings. The molecule has 7 heteroatoms. The molecule has 0 radical (unpaired) electrons. The lowest BCUT2D eigenvalue weighted by Crippen LogP contribution is -2.12. The van der Waals surface area contributed by atoms with Gasteiger partial charge in [0, 0.05) is 12.1 Å². The number of halogens is 2. The Hall–Kier alpha value is -2.20. The molecule has 0 saturated carbocycles. The van der Waals surface area contributed by atoms with Crippen LogP contribution >= 0.6 is 0 Å². The van der Waals surface area contributed by atoms with Gasteiger partial charge < -0.3 is 15.2 Å². The first kappa shape index (κ1) is 14.9. The Morgan fingerprint density at radius 1 is 1.47 bits per heavy atom. The molecule has 0 heterocycles. The quantitative estimate of drug-likeness (QED) is 0.816. The number of carbonyl (C=O) groups is 1. The molecule has 0 bridgehead atoms. The van der Waals surface area contributed by atoms with E-state index in [4.69, 9.17) is 11.0 Å². The second-order valence-corrected chi connectivity index (χ2v) is 3.54. The predicted octanol–water partition coefficient (Wildman–Crippen LogP) is 1.33. The topological polar surface area (TPSA) is 85.3 Å². The zero-order chi connectivity index (χ0) is 14.4. The number of nitrogens with zero attached hydrogens (tertiary/aromatic N) is 1. The number of alkyl halides is 2. The SMILES string of the molecule is COC(=O)Cc1ccc(CN)c(OC(F)F)c1C#N. The molecule has 2 N–H and O–H groups in total. The van der Waals surface area contributed by atoms with E-state index in [1.165, 1.54) is 19.2 Å². The van der Waals surface area contributed by atoms with Crippen LogP contribution in [0.3, 0.4) is 0 Å². The van der Waals surface area contributed by atoms with Crippen molar-refractivity contribution in [3.05, 3.63) is 28.8 Å². The summed E-state index contributed by atoms with van der Waals surface area (Å²) in [5.41, 5.74) is 5.79. The summed E-state index contributed by atoms with van der Waals surface area (Å²) in [4.78, 5) is 11.2. The maximum absolute atomic E-state index is 12.3. The van der Waals surface area contributed by atoms with Crippen LogP contribution in [0.4, 0.5) is 8.78 Å². The molecule has 0 spiro atoms. The number of rotatable bonds is 5. The van der Waals surface area contributed by atoms with Crippen molar-refractivity contribution in [1.29, 1.82) is 5.26 Å². The summed E-state index contributed by atoms with van der Waals surface area (Å²) in [7, 11) is 1.19. The molecule has 0 unspecified atom stereocenters. The number of benzene rings is 1. The van der Waals surface area contributed by atoms with Crippen molar-refractivity contribution in [1.82, 2.24) is 0 Å². The fourth-order valence-corrected chi connectivity index (χ4v) is 1.55. The van der Waals surface area contributed by atoms with Gasteiger partial charge in [0.2, 0.25) is 0 Å². The number of ether oxygens (including phenoxy) is 2. The predicted molar refractivity (Wildman–Crippen MR) is 61.4 cm³/mol.